The number of nitrogens with zero attached hydrogens (tertiary/aromatic N) is 5. The van der Waals surface area contributed by atoms with Crippen molar-refractivity contribution in [3.8, 4) is 17.3 Å². The Hall–Kier alpha value is -2.59. The van der Waals surface area contributed by atoms with Gasteiger partial charge in [0.1, 0.15) is 47.4 Å². The summed E-state index contributed by atoms with van der Waals surface area (Å²) in [6, 6.07) is 7.05. The molecule has 1 aromatic carbocycles. The lowest BCUT2D eigenvalue weighted by molar-refractivity contribution is -0.178. The molecule has 0 aliphatic carbocycles. The maximum absolute atomic E-state index is 14.0. The molecule has 12 heteroatoms. The van der Waals surface area contributed by atoms with Crippen LogP contribution in [0.3, 0.4) is 0 Å². The number of ether oxygens (including phenoxy) is 1. The number of aromatic nitrogens is 4. The van der Waals surface area contributed by atoms with Gasteiger partial charge in [0, 0.05) is 16.7 Å². The second-order valence-corrected chi connectivity index (χ2v) is 9.05. The fourth-order valence-electron chi connectivity index (χ4n) is 3.50. The van der Waals surface area contributed by atoms with Crippen molar-refractivity contribution >= 4 is 23.4 Å². The summed E-state index contributed by atoms with van der Waals surface area (Å²) in [6.45, 7) is 1.12. The van der Waals surface area contributed by atoms with Gasteiger partial charge in [-0.25, -0.2) is 14.1 Å². The fourth-order valence-corrected chi connectivity index (χ4v) is 4.88. The van der Waals surface area contributed by atoms with E-state index in [9.17, 15) is 25.0 Å². The van der Waals surface area contributed by atoms with Crippen LogP contribution in [0.5, 0.6) is 0 Å². The second-order valence-electron chi connectivity index (χ2n) is 7.47. The lowest BCUT2D eigenvalue weighted by Gasteiger charge is -2.41. The van der Waals surface area contributed by atoms with Gasteiger partial charge in [0.15, 0.2) is 5.69 Å². The number of hydrogen-bond acceptors (Lipinski definition) is 9. The highest BCUT2D eigenvalue weighted by molar-refractivity contribution is 7.99. The predicted octanol–water partition coefficient (Wildman–Crippen LogP) is 2.09. The van der Waals surface area contributed by atoms with E-state index in [0.717, 1.165) is 11.8 Å². The first-order valence-corrected chi connectivity index (χ1v) is 11.1. The van der Waals surface area contributed by atoms with E-state index in [0.29, 0.717) is 26.7 Å². The molecule has 1 aliphatic heterocycles. The Labute approximate surface area is 197 Å². The summed E-state index contributed by atoms with van der Waals surface area (Å²) < 4.78 is 20.9. The summed E-state index contributed by atoms with van der Waals surface area (Å²) in [5, 5.41) is 49.2. The number of aryl methyl sites for hydroxylation is 1. The van der Waals surface area contributed by atoms with Crippen LogP contribution < -0.4 is 0 Å². The molecular formula is C21H19ClFN5O4S. The molecule has 5 atom stereocenters. The molecule has 5 unspecified atom stereocenters. The van der Waals surface area contributed by atoms with Crippen molar-refractivity contribution in [2.75, 3.05) is 6.61 Å². The van der Waals surface area contributed by atoms with Gasteiger partial charge in [0.2, 0.25) is 0 Å². The van der Waals surface area contributed by atoms with Gasteiger partial charge in [-0.15, -0.1) is 5.10 Å². The molecule has 0 saturated carbocycles. The van der Waals surface area contributed by atoms with Crippen molar-refractivity contribution in [3.05, 3.63) is 58.8 Å². The largest absolute Gasteiger partial charge is 0.394 e. The van der Waals surface area contributed by atoms with E-state index >= 15 is 0 Å². The van der Waals surface area contributed by atoms with Crippen LogP contribution in [-0.2, 0) is 4.74 Å². The molecular weight excluding hydrogens is 473 g/mol. The molecule has 3 aromatic rings. The number of thioether (sulfide) groups is 1. The number of aliphatic hydroxyl groups excluding tert-OH is 3. The standard InChI is InChI=1S/C21H19ClFN5O4S/c1-10-2-3-11(4-13(10)23)15-8-28(27-26-15)18-19(30)16(9-29)32-21(20(18)31)33-17-5-12(22)7-25-14(17)6-24/h2-5,7-8,16,18-21,29-31H,9H2,1H3. The number of halogens is 2. The zero-order chi connectivity index (χ0) is 23.7. The number of benzene rings is 1. The van der Waals surface area contributed by atoms with Gasteiger partial charge in [-0.3, -0.25) is 0 Å². The normalized spacial score (nSPS) is 25.1. The molecule has 33 heavy (non-hydrogen) atoms. The van der Waals surface area contributed by atoms with Crippen molar-refractivity contribution in [2.45, 2.75) is 41.6 Å². The van der Waals surface area contributed by atoms with Crippen LogP contribution in [0.4, 0.5) is 4.39 Å². The van der Waals surface area contributed by atoms with Crippen LogP contribution in [-0.4, -0.2) is 65.7 Å². The molecule has 1 aliphatic rings. The van der Waals surface area contributed by atoms with Crippen LogP contribution in [0, 0.1) is 24.1 Å². The SMILES string of the molecule is Cc1ccc(-c2cn(C3C(O)C(CO)OC(Sc4cc(Cl)cnc4C#N)C3O)nn2)cc1F. The van der Waals surface area contributed by atoms with Gasteiger partial charge in [-0.2, -0.15) is 5.26 Å². The van der Waals surface area contributed by atoms with Gasteiger partial charge in [0.25, 0.3) is 0 Å². The lowest BCUT2D eigenvalue weighted by atomic mass is 9.97. The quantitative estimate of drug-likeness (QED) is 0.489. The molecule has 0 spiro atoms. The summed E-state index contributed by atoms with van der Waals surface area (Å²) >= 11 is 6.99. The summed E-state index contributed by atoms with van der Waals surface area (Å²) in [7, 11) is 0. The van der Waals surface area contributed by atoms with Crippen LogP contribution in [0.1, 0.15) is 17.3 Å². The second kappa shape index (κ2) is 9.72. The maximum Gasteiger partial charge on any atom is 0.154 e. The van der Waals surface area contributed by atoms with E-state index < -0.39 is 42.2 Å². The van der Waals surface area contributed by atoms with Crippen LogP contribution >= 0.6 is 23.4 Å². The Morgan fingerprint density at radius 1 is 1.30 bits per heavy atom. The third-order valence-corrected chi connectivity index (χ3v) is 6.69. The Bertz CT molecular complexity index is 1210. The summed E-state index contributed by atoms with van der Waals surface area (Å²) in [5.74, 6) is -0.395. The predicted molar refractivity (Wildman–Crippen MR) is 117 cm³/mol. The fraction of sp³-hybridized carbons (Fsp3) is 0.333. The molecule has 0 radical (unpaired) electrons. The van der Waals surface area contributed by atoms with E-state index in [-0.39, 0.29) is 5.69 Å². The topological polar surface area (TPSA) is 137 Å². The zero-order valence-corrected chi connectivity index (χ0v) is 18.8. The Morgan fingerprint density at radius 2 is 2.09 bits per heavy atom. The molecule has 1 saturated heterocycles. The number of aliphatic hydroxyl groups is 3. The van der Waals surface area contributed by atoms with E-state index in [1.807, 2.05) is 6.07 Å². The molecule has 0 amide bonds. The van der Waals surface area contributed by atoms with Crippen molar-refractivity contribution in [1.29, 1.82) is 5.26 Å². The van der Waals surface area contributed by atoms with E-state index in [2.05, 4.69) is 15.3 Å². The number of nitriles is 1. The molecule has 1 fully saturated rings. The third kappa shape index (κ3) is 4.72. The van der Waals surface area contributed by atoms with Crippen LogP contribution in [0.15, 0.2) is 41.6 Å². The molecule has 3 heterocycles. The van der Waals surface area contributed by atoms with E-state index in [1.54, 1.807) is 19.1 Å². The smallest absolute Gasteiger partial charge is 0.154 e. The molecule has 9 nitrogen and oxygen atoms in total. The first-order valence-electron chi connectivity index (χ1n) is 9.85. The summed E-state index contributed by atoms with van der Waals surface area (Å²) in [6.07, 6.45) is -0.875. The summed E-state index contributed by atoms with van der Waals surface area (Å²) in [5.41, 5.74) is 0.406. The van der Waals surface area contributed by atoms with Gasteiger partial charge < -0.3 is 20.1 Å². The van der Waals surface area contributed by atoms with Crippen molar-refractivity contribution in [3.63, 3.8) is 0 Å². The first kappa shape index (κ1) is 23.6. The molecule has 0 bridgehead atoms. The van der Waals surface area contributed by atoms with Crippen molar-refractivity contribution in [1.82, 2.24) is 20.0 Å². The highest BCUT2D eigenvalue weighted by atomic mass is 35.5. The Balaban J connectivity index is 1.65. The average molecular weight is 492 g/mol. The van der Waals surface area contributed by atoms with E-state index in [4.69, 9.17) is 16.3 Å². The highest BCUT2D eigenvalue weighted by Crippen LogP contribution is 2.39. The summed E-state index contributed by atoms with van der Waals surface area (Å²) in [4.78, 5) is 4.33. The minimum atomic E-state index is -1.32. The minimum Gasteiger partial charge on any atom is -0.394 e. The number of pyridine rings is 1. The van der Waals surface area contributed by atoms with Gasteiger partial charge >= 0.3 is 0 Å². The van der Waals surface area contributed by atoms with Gasteiger partial charge in [-0.1, -0.05) is 40.7 Å². The zero-order valence-electron chi connectivity index (χ0n) is 17.2. The number of rotatable bonds is 5. The van der Waals surface area contributed by atoms with Gasteiger partial charge in [0.05, 0.1) is 17.8 Å². The molecule has 4 rings (SSSR count). The van der Waals surface area contributed by atoms with Crippen LogP contribution in [0.25, 0.3) is 11.3 Å². The maximum atomic E-state index is 14.0. The molecule has 172 valence electrons. The van der Waals surface area contributed by atoms with Crippen molar-refractivity contribution < 1.29 is 24.4 Å². The monoisotopic (exact) mass is 491 g/mol. The highest BCUT2D eigenvalue weighted by Gasteiger charge is 2.46. The van der Waals surface area contributed by atoms with Crippen molar-refractivity contribution in [2.24, 2.45) is 0 Å². The van der Waals surface area contributed by atoms with E-state index in [1.165, 1.54) is 29.2 Å². The average Bonchev–Trinajstić information content (AvgIpc) is 3.27. The Kier molecular flexibility index (Phi) is 6.94. The first-order chi connectivity index (χ1) is 15.8. The van der Waals surface area contributed by atoms with Crippen LogP contribution in [0.2, 0.25) is 5.02 Å². The minimum absolute atomic E-state index is 0.0906. The Morgan fingerprint density at radius 3 is 2.79 bits per heavy atom. The van der Waals surface area contributed by atoms with Gasteiger partial charge in [-0.05, 0) is 24.6 Å². The molecule has 2 aromatic heterocycles. The number of hydrogen-bond donors (Lipinski definition) is 3. The molecule has 3 N–H and O–H groups in total. The third-order valence-electron chi connectivity index (χ3n) is 5.30. The lowest BCUT2D eigenvalue weighted by Crippen LogP contribution is -2.55.